The molecule has 1 aliphatic rings. The van der Waals surface area contributed by atoms with E-state index in [2.05, 4.69) is 32.9 Å². The summed E-state index contributed by atoms with van der Waals surface area (Å²) < 4.78 is 42.0. The highest BCUT2D eigenvalue weighted by molar-refractivity contribution is 5.82. The molecular formula is C35H52O13. The minimum Gasteiger partial charge on any atom is -0.462 e. The molecule has 0 spiro atoms. The number of carbonyl (C=O) groups excluding carboxylic acids is 5. The number of esters is 5. The fraction of sp³-hybridized carbons (Fsp3) is 0.571. The molecule has 0 aromatic rings. The first-order valence-corrected chi connectivity index (χ1v) is 15.7. The van der Waals surface area contributed by atoms with Crippen LogP contribution in [-0.2, 0) is 61.9 Å². The Labute approximate surface area is 283 Å². The molecule has 270 valence electrons. The van der Waals surface area contributed by atoms with E-state index in [0.29, 0.717) is 25.0 Å². The molecule has 1 rings (SSSR count). The average molecular weight is 681 g/mol. The molecule has 1 fully saturated rings. The van der Waals surface area contributed by atoms with Gasteiger partial charge in [0.1, 0.15) is 24.9 Å². The normalized spacial score (nSPS) is 17.6. The van der Waals surface area contributed by atoms with Crippen molar-refractivity contribution in [1.82, 2.24) is 0 Å². The summed E-state index contributed by atoms with van der Waals surface area (Å²) in [5.41, 5.74) is 0. The highest BCUT2D eigenvalue weighted by Gasteiger charge is 2.23. The topological polar surface area (TPSA) is 159 Å². The van der Waals surface area contributed by atoms with E-state index in [9.17, 15) is 24.0 Å². The summed E-state index contributed by atoms with van der Waals surface area (Å²) in [5.74, 6) is -1.52. The molecule has 0 saturated heterocycles. The maximum absolute atomic E-state index is 11.3. The molecule has 0 bridgehead atoms. The number of rotatable bonds is 23. The summed E-state index contributed by atoms with van der Waals surface area (Å²) in [5, 5.41) is 0. The van der Waals surface area contributed by atoms with Crippen LogP contribution >= 0.6 is 0 Å². The van der Waals surface area contributed by atoms with Gasteiger partial charge < -0.3 is 37.9 Å². The number of ether oxygens (including phenoxy) is 8. The van der Waals surface area contributed by atoms with Gasteiger partial charge in [-0.3, -0.25) is 0 Å². The summed E-state index contributed by atoms with van der Waals surface area (Å²) in [6, 6.07) is 0. The van der Waals surface area contributed by atoms with Gasteiger partial charge in [-0.25, -0.2) is 24.0 Å². The second-order valence-electron chi connectivity index (χ2n) is 10.9. The van der Waals surface area contributed by atoms with Crippen molar-refractivity contribution in [2.24, 2.45) is 11.8 Å². The van der Waals surface area contributed by atoms with Crippen LogP contribution in [0, 0.1) is 11.8 Å². The maximum atomic E-state index is 11.3. The van der Waals surface area contributed by atoms with Crippen LogP contribution in [0.1, 0.15) is 46.5 Å². The predicted octanol–water partition coefficient (Wildman–Crippen LogP) is 4.01. The van der Waals surface area contributed by atoms with Gasteiger partial charge in [0.25, 0.3) is 0 Å². The van der Waals surface area contributed by atoms with E-state index in [0.717, 1.165) is 43.9 Å². The van der Waals surface area contributed by atoms with Gasteiger partial charge in [0, 0.05) is 30.4 Å². The second-order valence-corrected chi connectivity index (χ2v) is 10.9. The summed E-state index contributed by atoms with van der Waals surface area (Å²) in [4.78, 5) is 55.4. The molecule has 4 unspecified atom stereocenters. The minimum absolute atomic E-state index is 0.0559. The van der Waals surface area contributed by atoms with Gasteiger partial charge >= 0.3 is 29.8 Å². The van der Waals surface area contributed by atoms with Gasteiger partial charge in [-0.1, -0.05) is 32.9 Å². The Bertz CT molecular complexity index is 1010. The molecule has 4 atom stereocenters. The van der Waals surface area contributed by atoms with Crippen LogP contribution in [0.3, 0.4) is 0 Å². The van der Waals surface area contributed by atoms with Gasteiger partial charge in [-0.2, -0.15) is 0 Å². The van der Waals surface area contributed by atoms with E-state index >= 15 is 0 Å². The van der Waals surface area contributed by atoms with Crippen molar-refractivity contribution in [3.8, 4) is 0 Å². The van der Waals surface area contributed by atoms with Crippen molar-refractivity contribution in [3.05, 3.63) is 63.3 Å². The minimum atomic E-state index is -0.550. The standard InChI is InChI=1S/C21H32O9.C14H20O4/c1-7-19(22)28-11-15(4)26-14-18(27-12-17(6)30-21(24)9-3)13-25-10-16(5)29-20(23)8-2;1-3-13(15)17-9-11-5-7-12(8-6-11)10-18-14(16)4-2/h7-9,15-18H,1-3,10-14H2,4-6H3;3-4,11-12H,1-2,5-10H2. The van der Waals surface area contributed by atoms with Crippen LogP contribution in [-0.4, -0.2) is 101 Å². The van der Waals surface area contributed by atoms with Crippen molar-refractivity contribution < 1.29 is 61.9 Å². The van der Waals surface area contributed by atoms with Crippen LogP contribution in [0.5, 0.6) is 0 Å². The Morgan fingerprint density at radius 2 is 0.938 bits per heavy atom. The lowest BCUT2D eigenvalue weighted by Gasteiger charge is -2.27. The Morgan fingerprint density at radius 3 is 1.38 bits per heavy atom. The van der Waals surface area contributed by atoms with E-state index in [1.165, 1.54) is 12.2 Å². The molecule has 48 heavy (non-hydrogen) atoms. The lowest BCUT2D eigenvalue weighted by molar-refractivity contribution is -0.153. The molecule has 0 aromatic carbocycles. The quantitative estimate of drug-likeness (QED) is 0.0866. The lowest BCUT2D eigenvalue weighted by atomic mass is 9.83. The first-order valence-electron chi connectivity index (χ1n) is 15.7. The van der Waals surface area contributed by atoms with Crippen LogP contribution in [0.2, 0.25) is 0 Å². The molecule has 13 nitrogen and oxygen atoms in total. The molecule has 0 amide bonds. The first kappa shape index (κ1) is 43.9. The van der Waals surface area contributed by atoms with Crippen molar-refractivity contribution in [1.29, 1.82) is 0 Å². The largest absolute Gasteiger partial charge is 0.462 e. The van der Waals surface area contributed by atoms with Gasteiger partial charge in [0.15, 0.2) is 0 Å². The van der Waals surface area contributed by atoms with E-state index < -0.39 is 36.2 Å². The van der Waals surface area contributed by atoms with E-state index in [-0.39, 0.29) is 51.1 Å². The van der Waals surface area contributed by atoms with Crippen molar-refractivity contribution in [2.75, 3.05) is 46.2 Å². The monoisotopic (exact) mass is 680 g/mol. The predicted molar refractivity (Wildman–Crippen MR) is 176 cm³/mol. The molecule has 1 aliphatic carbocycles. The van der Waals surface area contributed by atoms with Crippen molar-refractivity contribution >= 4 is 29.8 Å². The zero-order valence-electron chi connectivity index (χ0n) is 28.5. The third-order valence-electron chi connectivity index (χ3n) is 6.61. The highest BCUT2D eigenvalue weighted by Crippen LogP contribution is 2.29. The Morgan fingerprint density at radius 1 is 0.521 bits per heavy atom. The molecule has 0 aliphatic heterocycles. The number of hydrogen-bond donors (Lipinski definition) is 0. The lowest BCUT2D eigenvalue weighted by Crippen LogP contribution is -2.33. The van der Waals surface area contributed by atoms with Gasteiger partial charge in [0.2, 0.25) is 0 Å². The van der Waals surface area contributed by atoms with Gasteiger partial charge in [-0.15, -0.1) is 0 Å². The zero-order chi connectivity index (χ0) is 36.3. The SMILES string of the molecule is C=CC(=O)OCC(C)OCC(COCC(C)OC(=O)C=C)OCC(C)OC(=O)C=C.C=CC(=O)OCC1CCC(COC(=O)C=C)CC1. The molecule has 13 heteroatoms. The number of hydrogen-bond acceptors (Lipinski definition) is 13. The van der Waals surface area contributed by atoms with Gasteiger partial charge in [-0.05, 0) is 58.3 Å². The van der Waals surface area contributed by atoms with E-state index in [1.54, 1.807) is 20.8 Å². The summed E-state index contributed by atoms with van der Waals surface area (Å²) in [6.45, 7) is 23.3. The van der Waals surface area contributed by atoms with Crippen LogP contribution in [0.15, 0.2) is 63.3 Å². The summed E-state index contributed by atoms with van der Waals surface area (Å²) in [6.07, 6.45) is 7.71. The molecule has 0 aromatic heterocycles. The third-order valence-corrected chi connectivity index (χ3v) is 6.61. The maximum Gasteiger partial charge on any atom is 0.330 e. The van der Waals surface area contributed by atoms with Gasteiger partial charge in [0.05, 0.1) is 45.7 Å². The third kappa shape index (κ3) is 23.3. The molecular weight excluding hydrogens is 628 g/mol. The summed E-state index contributed by atoms with van der Waals surface area (Å²) >= 11 is 0. The molecule has 0 radical (unpaired) electrons. The van der Waals surface area contributed by atoms with Crippen LogP contribution < -0.4 is 0 Å². The number of carbonyl (C=O) groups is 5. The fourth-order valence-corrected chi connectivity index (χ4v) is 4.00. The average Bonchev–Trinajstić information content (AvgIpc) is 3.09. The Hall–Kier alpha value is -4.07. The van der Waals surface area contributed by atoms with E-state index in [1.807, 2.05) is 0 Å². The molecule has 0 N–H and O–H groups in total. The van der Waals surface area contributed by atoms with Crippen LogP contribution in [0.25, 0.3) is 0 Å². The highest BCUT2D eigenvalue weighted by atomic mass is 16.6. The van der Waals surface area contributed by atoms with Crippen LogP contribution in [0.4, 0.5) is 0 Å². The molecule has 0 heterocycles. The first-order chi connectivity index (χ1) is 22.9. The Balaban J connectivity index is 0.00000104. The summed E-state index contributed by atoms with van der Waals surface area (Å²) in [7, 11) is 0. The van der Waals surface area contributed by atoms with Crippen molar-refractivity contribution in [2.45, 2.75) is 70.9 Å². The van der Waals surface area contributed by atoms with Crippen molar-refractivity contribution in [3.63, 3.8) is 0 Å². The molecule has 1 saturated carbocycles. The fourth-order valence-electron chi connectivity index (χ4n) is 4.00. The second kappa shape index (κ2) is 26.9. The smallest absolute Gasteiger partial charge is 0.330 e. The zero-order valence-corrected chi connectivity index (χ0v) is 28.5. The Kier molecular flexibility index (Phi) is 24.7. The van der Waals surface area contributed by atoms with E-state index in [4.69, 9.17) is 37.9 Å².